The van der Waals surface area contributed by atoms with Crippen molar-refractivity contribution in [3.8, 4) is 0 Å². The Hall–Kier alpha value is -1.28. The van der Waals surface area contributed by atoms with Crippen LogP contribution >= 0.6 is 7.82 Å². The van der Waals surface area contributed by atoms with Gasteiger partial charge in [-0.05, 0) is 51.4 Å². The maximum Gasteiger partial charge on any atom is 0.268 e. The van der Waals surface area contributed by atoms with Gasteiger partial charge in [-0.15, -0.1) is 0 Å². The van der Waals surface area contributed by atoms with Gasteiger partial charge in [0.1, 0.15) is 13.2 Å². The molecule has 0 fully saturated rings. The number of hydrogen-bond donors (Lipinski definition) is 2. The summed E-state index contributed by atoms with van der Waals surface area (Å²) in [6.45, 7) is 4.78. The topological polar surface area (TPSA) is 108 Å². The Balaban J connectivity index is 3.93. The van der Waals surface area contributed by atoms with Gasteiger partial charge in [-0.25, -0.2) is 0 Å². The second kappa shape index (κ2) is 69.1. The number of likely N-dealkylation sites (N-methyl/N-ethyl adjacent to an activating group) is 1. The first kappa shape index (κ1) is 85.7. The number of unbranched alkanes of at least 4 members (excludes halogenated alkanes) is 54. The number of phosphoric ester groups is 1. The number of carbonyl (C=O) groups excluding carboxylic acids is 1. The van der Waals surface area contributed by atoms with Gasteiger partial charge in [0, 0.05) is 6.42 Å². The lowest BCUT2D eigenvalue weighted by Crippen LogP contribution is -2.46. The summed E-state index contributed by atoms with van der Waals surface area (Å²) in [4.78, 5) is 25.7. The molecule has 0 heterocycles. The number of nitrogens with one attached hydrogen (secondary N) is 1. The largest absolute Gasteiger partial charge is 0.756 e. The fourth-order valence-corrected chi connectivity index (χ4v) is 12.8. The summed E-state index contributed by atoms with van der Waals surface area (Å²) in [7, 11) is 1.33. The van der Waals surface area contributed by atoms with Crippen molar-refractivity contribution in [2.75, 3.05) is 40.9 Å². The Labute approximate surface area is 544 Å². The molecule has 0 spiro atoms. The molecule has 0 radical (unpaired) electrons. The molecule has 3 unspecified atom stereocenters. The first-order chi connectivity index (χ1) is 42.5. The van der Waals surface area contributed by atoms with Gasteiger partial charge < -0.3 is 28.8 Å². The van der Waals surface area contributed by atoms with E-state index in [9.17, 15) is 19.4 Å². The normalized spacial score (nSPS) is 13.7. The highest BCUT2D eigenvalue weighted by atomic mass is 31.2. The van der Waals surface area contributed by atoms with E-state index in [0.717, 1.165) is 51.4 Å². The number of aliphatic hydroxyl groups is 1. The van der Waals surface area contributed by atoms with Crippen molar-refractivity contribution in [2.24, 2.45) is 0 Å². The van der Waals surface area contributed by atoms with Crippen molar-refractivity contribution in [1.29, 1.82) is 0 Å². The van der Waals surface area contributed by atoms with Gasteiger partial charge in [-0.1, -0.05) is 384 Å². The zero-order valence-corrected chi connectivity index (χ0v) is 60.2. The van der Waals surface area contributed by atoms with Crippen LogP contribution in [0, 0.1) is 0 Å². The number of rotatable bonds is 73. The van der Waals surface area contributed by atoms with E-state index in [-0.39, 0.29) is 19.1 Å². The summed E-state index contributed by atoms with van der Waals surface area (Å²) in [5.41, 5.74) is 0. The number of amides is 1. The van der Waals surface area contributed by atoms with E-state index in [1.54, 1.807) is 0 Å². The van der Waals surface area contributed by atoms with Gasteiger partial charge >= 0.3 is 0 Å². The smallest absolute Gasteiger partial charge is 0.268 e. The molecule has 0 saturated carbocycles. The van der Waals surface area contributed by atoms with E-state index in [0.29, 0.717) is 23.9 Å². The third kappa shape index (κ3) is 72.0. The summed E-state index contributed by atoms with van der Waals surface area (Å²) >= 11 is 0. The molecular weight excluding hydrogens is 1090 g/mol. The Morgan fingerprint density at radius 1 is 0.402 bits per heavy atom. The number of carbonyl (C=O) groups is 1. The van der Waals surface area contributed by atoms with Crippen LogP contribution in [0.15, 0.2) is 36.5 Å². The lowest BCUT2D eigenvalue weighted by atomic mass is 10.0. The summed E-state index contributed by atoms with van der Waals surface area (Å²) in [5.74, 6) is -0.155. The monoisotopic (exact) mass is 1250 g/mol. The Morgan fingerprint density at radius 2 is 0.667 bits per heavy atom. The van der Waals surface area contributed by atoms with Gasteiger partial charge in [0.05, 0.1) is 39.9 Å². The van der Waals surface area contributed by atoms with Crippen molar-refractivity contribution >= 4 is 13.7 Å². The molecule has 0 saturated heterocycles. The molecule has 0 bridgehead atoms. The molecule has 2 N–H and O–H groups in total. The molecule has 0 aliphatic carbocycles. The van der Waals surface area contributed by atoms with Crippen LogP contribution in [0.3, 0.4) is 0 Å². The molecule has 1 amide bonds. The molecule has 0 aliphatic rings. The number of allylic oxidation sites excluding steroid dienone is 6. The number of hydrogen-bond acceptors (Lipinski definition) is 6. The fourth-order valence-electron chi connectivity index (χ4n) is 12.1. The van der Waals surface area contributed by atoms with Crippen LogP contribution < -0.4 is 10.2 Å². The van der Waals surface area contributed by atoms with Gasteiger partial charge in [0.25, 0.3) is 7.82 Å². The molecular formula is C78H153N2O6P. The lowest BCUT2D eigenvalue weighted by molar-refractivity contribution is -0.870. The lowest BCUT2D eigenvalue weighted by Gasteiger charge is -2.30. The molecule has 87 heavy (non-hydrogen) atoms. The van der Waals surface area contributed by atoms with E-state index in [1.807, 2.05) is 21.1 Å². The summed E-state index contributed by atoms with van der Waals surface area (Å²) in [6.07, 6.45) is 92.5. The highest BCUT2D eigenvalue weighted by molar-refractivity contribution is 7.45. The first-order valence-corrected chi connectivity index (χ1v) is 40.3. The Kier molecular flexibility index (Phi) is 68.1. The van der Waals surface area contributed by atoms with Crippen molar-refractivity contribution in [3.05, 3.63) is 36.5 Å². The second-order valence-corrected chi connectivity index (χ2v) is 29.5. The molecule has 9 heteroatoms. The first-order valence-electron chi connectivity index (χ1n) is 38.8. The summed E-state index contributed by atoms with van der Waals surface area (Å²) in [6, 6.07) is -0.801. The molecule has 3 atom stereocenters. The summed E-state index contributed by atoms with van der Waals surface area (Å²) < 4.78 is 23.6. The van der Waals surface area contributed by atoms with Crippen molar-refractivity contribution in [2.45, 2.75) is 418 Å². The molecule has 8 nitrogen and oxygen atoms in total. The number of quaternary nitrogens is 1. The zero-order chi connectivity index (χ0) is 63.4. The molecule has 0 aromatic carbocycles. The minimum atomic E-state index is -4.58. The Bertz CT molecular complexity index is 1510. The maximum atomic E-state index is 13.1. The van der Waals surface area contributed by atoms with Gasteiger partial charge in [0.2, 0.25) is 5.91 Å². The van der Waals surface area contributed by atoms with E-state index in [4.69, 9.17) is 9.05 Å². The van der Waals surface area contributed by atoms with Gasteiger partial charge in [-0.2, -0.15) is 0 Å². The van der Waals surface area contributed by atoms with E-state index >= 15 is 0 Å². The third-order valence-electron chi connectivity index (χ3n) is 18.1. The van der Waals surface area contributed by atoms with Gasteiger partial charge in [-0.3, -0.25) is 9.36 Å². The van der Waals surface area contributed by atoms with Crippen LogP contribution in [0.4, 0.5) is 0 Å². The van der Waals surface area contributed by atoms with Crippen molar-refractivity contribution < 1.29 is 32.9 Å². The SMILES string of the molecule is CCCCCCC/C=C\C/C=C\C/C=C\CCCCCCCCCCCCCCCCCCCCCCCCC(=O)NC(COP(=O)([O-])OCC[N+](C)(C)C)C(O)CCCCCCCCCCCCCCCCCCCCCCCCCCCCCC. The van der Waals surface area contributed by atoms with Gasteiger partial charge in [0.15, 0.2) is 0 Å². The number of phosphoric acid groups is 1. The molecule has 0 aliphatic heterocycles. The standard InChI is InChI=1S/C78H153N2O6P/c1-6-8-10-12-14-16-18-20-22-24-26-28-30-32-34-36-37-38-39-40-41-42-43-44-46-48-50-52-54-56-58-60-62-64-66-68-70-72-78(82)79-76(75-86-87(83,84)85-74-73-80(3,4)5)77(81)71-69-67-65-63-61-59-57-55-53-51-49-47-45-35-33-31-29-27-25-23-21-19-17-15-13-11-9-7-2/h18,20,24,26,30,32,76-77,81H,6-17,19,21-23,25,27-29,31,33-75H2,1-5H3,(H-,79,82,83,84)/b20-18-,26-24-,32-30-. The van der Waals surface area contributed by atoms with E-state index in [2.05, 4.69) is 55.6 Å². The van der Waals surface area contributed by atoms with Crippen LogP contribution in [0.2, 0.25) is 0 Å². The third-order valence-corrected chi connectivity index (χ3v) is 19.1. The average molecular weight is 1250 g/mol. The predicted molar refractivity (Wildman–Crippen MR) is 381 cm³/mol. The van der Waals surface area contributed by atoms with Crippen molar-refractivity contribution in [1.82, 2.24) is 5.32 Å². The zero-order valence-electron chi connectivity index (χ0n) is 59.3. The van der Waals surface area contributed by atoms with Crippen LogP contribution in [-0.4, -0.2) is 68.5 Å². The van der Waals surface area contributed by atoms with Crippen LogP contribution in [0.25, 0.3) is 0 Å². The van der Waals surface area contributed by atoms with E-state index < -0.39 is 20.0 Å². The Morgan fingerprint density at radius 3 is 0.966 bits per heavy atom. The summed E-state index contributed by atoms with van der Waals surface area (Å²) in [5, 5.41) is 14.1. The van der Waals surface area contributed by atoms with Crippen molar-refractivity contribution in [3.63, 3.8) is 0 Å². The van der Waals surface area contributed by atoms with Crippen LogP contribution in [0.5, 0.6) is 0 Å². The molecule has 0 aromatic rings. The second-order valence-electron chi connectivity index (χ2n) is 28.1. The minimum Gasteiger partial charge on any atom is -0.756 e. The average Bonchev–Trinajstić information content (AvgIpc) is 3.70. The molecule has 516 valence electrons. The number of aliphatic hydroxyl groups excluding tert-OH is 1. The van der Waals surface area contributed by atoms with E-state index in [1.165, 1.54) is 327 Å². The fraction of sp³-hybridized carbons (Fsp3) is 0.910. The molecule has 0 aromatic heterocycles. The molecule has 0 rings (SSSR count). The van der Waals surface area contributed by atoms with Crippen LogP contribution in [-0.2, 0) is 18.4 Å². The number of nitrogens with zero attached hydrogens (tertiary/aromatic N) is 1. The minimum absolute atomic E-state index is 0.0148. The van der Waals surface area contributed by atoms with Crippen LogP contribution in [0.1, 0.15) is 406 Å². The highest BCUT2D eigenvalue weighted by Gasteiger charge is 2.24. The quantitative estimate of drug-likeness (QED) is 0.0272. The maximum absolute atomic E-state index is 13.1. The predicted octanol–water partition coefficient (Wildman–Crippen LogP) is 24.5. The highest BCUT2D eigenvalue weighted by Crippen LogP contribution is 2.38.